The second-order valence-corrected chi connectivity index (χ2v) is 4.79. The summed E-state index contributed by atoms with van der Waals surface area (Å²) < 4.78 is 2.22. The zero-order chi connectivity index (χ0) is 13.3. The molecule has 4 nitrogen and oxygen atoms in total. The summed E-state index contributed by atoms with van der Waals surface area (Å²) in [5.41, 5.74) is 0.819. The van der Waals surface area contributed by atoms with Crippen LogP contribution in [-0.4, -0.2) is 15.6 Å². The van der Waals surface area contributed by atoms with Crippen molar-refractivity contribution in [2.24, 2.45) is 7.05 Å². The van der Waals surface area contributed by atoms with Crippen molar-refractivity contribution in [2.75, 3.05) is 0 Å². The van der Waals surface area contributed by atoms with Gasteiger partial charge in [-0.15, -0.1) is 0 Å². The summed E-state index contributed by atoms with van der Waals surface area (Å²) in [5, 5.41) is 8.98. The van der Waals surface area contributed by atoms with Crippen LogP contribution in [0.4, 0.5) is 0 Å². The number of carbonyl (C=O) groups is 1. The zero-order valence-corrected chi connectivity index (χ0v) is 11.1. The Kier molecular flexibility index (Phi) is 3.34. The molecule has 0 amide bonds. The average Bonchev–Trinajstić information content (AvgIpc) is 2.33. The van der Waals surface area contributed by atoms with Crippen molar-refractivity contribution in [3.05, 3.63) is 56.9 Å². The molecular weight excluding hydrogens is 298 g/mol. The van der Waals surface area contributed by atoms with Gasteiger partial charge in [0, 0.05) is 17.7 Å². The fraction of sp³-hybridized carbons (Fsp3) is 0.0769. The minimum atomic E-state index is -1.21. The van der Waals surface area contributed by atoms with Crippen molar-refractivity contribution in [3.8, 4) is 11.1 Å². The highest BCUT2D eigenvalue weighted by Gasteiger charge is 2.12. The van der Waals surface area contributed by atoms with E-state index in [0.29, 0.717) is 5.56 Å². The second kappa shape index (κ2) is 4.78. The van der Waals surface area contributed by atoms with Crippen LogP contribution in [-0.2, 0) is 7.05 Å². The van der Waals surface area contributed by atoms with E-state index in [9.17, 15) is 9.59 Å². The van der Waals surface area contributed by atoms with Gasteiger partial charge in [0.15, 0.2) is 0 Å². The number of hydrogen-bond donors (Lipinski definition) is 1. The Morgan fingerprint density at radius 2 is 1.83 bits per heavy atom. The molecule has 18 heavy (non-hydrogen) atoms. The zero-order valence-electron chi connectivity index (χ0n) is 9.55. The Labute approximate surface area is 112 Å². The van der Waals surface area contributed by atoms with Crippen LogP contribution in [0.2, 0.25) is 0 Å². The number of hydrogen-bond acceptors (Lipinski definition) is 2. The minimum absolute atomic E-state index is 0.224. The molecule has 2 rings (SSSR count). The Balaban J connectivity index is 2.62. The van der Waals surface area contributed by atoms with E-state index in [-0.39, 0.29) is 5.56 Å². The highest BCUT2D eigenvalue weighted by molar-refractivity contribution is 9.10. The lowest BCUT2D eigenvalue weighted by molar-refractivity contribution is 0.0694. The number of carboxylic acids is 1. The number of carboxylic acid groups (broad SMARTS) is 1. The fourth-order valence-corrected chi connectivity index (χ4v) is 1.93. The third-order valence-electron chi connectivity index (χ3n) is 2.59. The van der Waals surface area contributed by atoms with Crippen LogP contribution >= 0.6 is 15.9 Å². The fourth-order valence-electron chi connectivity index (χ4n) is 1.67. The summed E-state index contributed by atoms with van der Waals surface area (Å²) in [6.45, 7) is 0. The van der Waals surface area contributed by atoms with Gasteiger partial charge in [-0.25, -0.2) is 4.79 Å². The smallest absolute Gasteiger partial charge is 0.341 e. The van der Waals surface area contributed by atoms with Crippen LogP contribution in [0.1, 0.15) is 10.4 Å². The van der Waals surface area contributed by atoms with Gasteiger partial charge in [0.05, 0.1) is 0 Å². The number of halogens is 1. The van der Waals surface area contributed by atoms with Crippen LogP contribution in [0.5, 0.6) is 0 Å². The Hall–Kier alpha value is -1.88. The quantitative estimate of drug-likeness (QED) is 0.927. The molecule has 1 aromatic heterocycles. The van der Waals surface area contributed by atoms with Crippen molar-refractivity contribution in [1.82, 2.24) is 4.57 Å². The van der Waals surface area contributed by atoms with Gasteiger partial charge >= 0.3 is 5.97 Å². The molecule has 0 aliphatic rings. The van der Waals surface area contributed by atoms with Gasteiger partial charge in [0.2, 0.25) is 0 Å². The number of aromatic nitrogens is 1. The molecule has 0 bridgehead atoms. The van der Waals surface area contributed by atoms with E-state index in [0.717, 1.165) is 10.0 Å². The Morgan fingerprint density at radius 3 is 2.39 bits per heavy atom. The normalized spacial score (nSPS) is 10.3. The molecule has 0 spiro atoms. The van der Waals surface area contributed by atoms with E-state index < -0.39 is 11.5 Å². The van der Waals surface area contributed by atoms with Crippen molar-refractivity contribution in [2.45, 2.75) is 0 Å². The first-order chi connectivity index (χ1) is 8.49. The van der Waals surface area contributed by atoms with E-state index in [1.54, 1.807) is 6.20 Å². The average molecular weight is 308 g/mol. The second-order valence-electron chi connectivity index (χ2n) is 3.87. The predicted octanol–water partition coefficient (Wildman–Crippen LogP) is 2.51. The topological polar surface area (TPSA) is 59.3 Å². The van der Waals surface area contributed by atoms with Gasteiger partial charge in [-0.3, -0.25) is 4.79 Å². The van der Waals surface area contributed by atoms with Crippen molar-refractivity contribution < 1.29 is 9.90 Å². The molecule has 0 aliphatic heterocycles. The molecule has 0 atom stereocenters. The lowest BCUT2D eigenvalue weighted by Crippen LogP contribution is -2.23. The molecule has 2 aromatic rings. The standard InChI is InChI=1S/C13H10BrNO3/c1-15-7-9(6-11(12(15)16)13(17)18)8-2-4-10(14)5-3-8/h2-7H,1H3,(H,17,18). The maximum atomic E-state index is 11.6. The summed E-state index contributed by atoms with van der Waals surface area (Å²) in [5.74, 6) is -1.21. The number of nitrogens with zero attached hydrogens (tertiary/aromatic N) is 1. The van der Waals surface area contributed by atoms with Gasteiger partial charge < -0.3 is 9.67 Å². The SMILES string of the molecule is Cn1cc(-c2ccc(Br)cc2)cc(C(=O)O)c1=O. The lowest BCUT2D eigenvalue weighted by Gasteiger charge is -2.06. The number of benzene rings is 1. The summed E-state index contributed by atoms with van der Waals surface area (Å²) >= 11 is 3.33. The lowest BCUT2D eigenvalue weighted by atomic mass is 10.1. The van der Waals surface area contributed by atoms with Crippen molar-refractivity contribution >= 4 is 21.9 Å². The van der Waals surface area contributed by atoms with Crippen molar-refractivity contribution in [1.29, 1.82) is 0 Å². The Morgan fingerprint density at radius 1 is 1.22 bits per heavy atom. The van der Waals surface area contributed by atoms with E-state index >= 15 is 0 Å². The highest BCUT2D eigenvalue weighted by atomic mass is 79.9. The number of aromatic carboxylic acids is 1. The van der Waals surface area contributed by atoms with Crippen LogP contribution < -0.4 is 5.56 Å². The van der Waals surface area contributed by atoms with Crippen LogP contribution in [0, 0.1) is 0 Å². The molecule has 0 unspecified atom stereocenters. The minimum Gasteiger partial charge on any atom is -0.477 e. The first-order valence-electron chi connectivity index (χ1n) is 5.19. The van der Waals surface area contributed by atoms with Gasteiger partial charge in [-0.1, -0.05) is 28.1 Å². The molecule has 0 saturated carbocycles. The third kappa shape index (κ3) is 2.36. The summed E-state index contributed by atoms with van der Waals surface area (Å²) in [7, 11) is 1.54. The first kappa shape index (κ1) is 12.6. The van der Waals surface area contributed by atoms with E-state index in [1.807, 2.05) is 24.3 Å². The summed E-state index contributed by atoms with van der Waals surface area (Å²) in [6.07, 6.45) is 1.62. The van der Waals surface area contributed by atoms with E-state index in [4.69, 9.17) is 5.11 Å². The Bertz CT molecular complexity index is 659. The molecular formula is C13H10BrNO3. The van der Waals surface area contributed by atoms with Gasteiger partial charge in [-0.2, -0.15) is 0 Å². The van der Waals surface area contributed by atoms with E-state index in [1.165, 1.54) is 17.7 Å². The van der Waals surface area contributed by atoms with Crippen LogP contribution in [0.3, 0.4) is 0 Å². The molecule has 1 heterocycles. The van der Waals surface area contributed by atoms with Crippen LogP contribution in [0.15, 0.2) is 45.8 Å². The largest absolute Gasteiger partial charge is 0.477 e. The molecule has 0 saturated heterocycles. The summed E-state index contributed by atoms with van der Waals surface area (Å²) in [4.78, 5) is 22.6. The number of pyridine rings is 1. The monoisotopic (exact) mass is 307 g/mol. The maximum Gasteiger partial charge on any atom is 0.341 e. The van der Waals surface area contributed by atoms with Crippen LogP contribution in [0.25, 0.3) is 11.1 Å². The molecule has 1 aromatic carbocycles. The highest BCUT2D eigenvalue weighted by Crippen LogP contribution is 2.21. The summed E-state index contributed by atoms with van der Waals surface area (Å²) in [6, 6.07) is 8.83. The van der Waals surface area contributed by atoms with Gasteiger partial charge in [0.25, 0.3) is 5.56 Å². The molecule has 0 aliphatic carbocycles. The number of rotatable bonds is 2. The maximum absolute atomic E-state index is 11.6. The van der Waals surface area contributed by atoms with Gasteiger partial charge in [0.1, 0.15) is 5.56 Å². The van der Waals surface area contributed by atoms with E-state index in [2.05, 4.69) is 15.9 Å². The first-order valence-corrected chi connectivity index (χ1v) is 5.98. The molecule has 92 valence electrons. The third-order valence-corrected chi connectivity index (χ3v) is 3.12. The molecule has 1 N–H and O–H groups in total. The number of aryl methyl sites for hydroxylation is 1. The predicted molar refractivity (Wildman–Crippen MR) is 71.8 cm³/mol. The van der Waals surface area contributed by atoms with Crippen molar-refractivity contribution in [3.63, 3.8) is 0 Å². The van der Waals surface area contributed by atoms with Gasteiger partial charge in [-0.05, 0) is 29.3 Å². The molecule has 0 radical (unpaired) electrons. The molecule has 0 fully saturated rings. The molecule has 5 heteroatoms.